The number of ether oxygens (including phenoxy) is 1. The van der Waals surface area contributed by atoms with Crippen LogP contribution in [-0.4, -0.2) is 54.6 Å². The summed E-state index contributed by atoms with van der Waals surface area (Å²) in [7, 11) is -4.08. The van der Waals surface area contributed by atoms with Crippen LogP contribution in [0.5, 0.6) is 0 Å². The van der Waals surface area contributed by atoms with Gasteiger partial charge in [-0.3, -0.25) is 8.98 Å². The van der Waals surface area contributed by atoms with Gasteiger partial charge in [0.05, 0.1) is 23.2 Å². The van der Waals surface area contributed by atoms with E-state index in [1.807, 2.05) is 11.4 Å². The van der Waals surface area contributed by atoms with Gasteiger partial charge in [-0.25, -0.2) is 15.1 Å². The van der Waals surface area contributed by atoms with E-state index in [4.69, 9.17) is 9.88 Å². The molecule has 2 fully saturated rings. The molecule has 3 heterocycles. The molecule has 1 saturated carbocycles. The van der Waals surface area contributed by atoms with Gasteiger partial charge in [0.25, 0.3) is 0 Å². The normalized spacial score (nSPS) is 28.3. The minimum absolute atomic E-state index is 0.183. The molecule has 3 aliphatic rings. The molecule has 1 aliphatic heterocycles. The molecule has 37 heavy (non-hydrogen) atoms. The lowest BCUT2D eigenvalue weighted by Crippen LogP contribution is -2.28. The van der Waals surface area contributed by atoms with E-state index in [-0.39, 0.29) is 18.4 Å². The van der Waals surface area contributed by atoms with Gasteiger partial charge in [-0.15, -0.1) is 11.3 Å². The minimum Gasteiger partial charge on any atom is -0.393 e. The van der Waals surface area contributed by atoms with Gasteiger partial charge in [0.2, 0.25) is 5.78 Å². The molecule has 10 nitrogen and oxygen atoms in total. The fraction of sp³-hybridized carbons (Fsp3) is 0.560. The van der Waals surface area contributed by atoms with E-state index in [1.54, 1.807) is 0 Å². The van der Waals surface area contributed by atoms with E-state index in [2.05, 4.69) is 25.5 Å². The number of nitrogens with one attached hydrogen (secondary N) is 1. The fourth-order valence-corrected chi connectivity index (χ4v) is 6.99. The number of carbonyl (C=O) groups excluding carboxylic acids is 1. The number of thiophene rings is 1. The van der Waals surface area contributed by atoms with E-state index in [1.165, 1.54) is 35.9 Å². The molecule has 2 aliphatic carbocycles. The van der Waals surface area contributed by atoms with Crippen molar-refractivity contribution in [3.63, 3.8) is 0 Å². The van der Waals surface area contributed by atoms with E-state index < -0.39 is 27.9 Å². The van der Waals surface area contributed by atoms with Crippen LogP contribution < -0.4 is 10.5 Å². The average Bonchev–Trinajstić information content (AvgIpc) is 3.63. The van der Waals surface area contributed by atoms with Crippen molar-refractivity contribution in [3.05, 3.63) is 51.6 Å². The van der Waals surface area contributed by atoms with Crippen LogP contribution in [0.4, 0.5) is 5.82 Å². The topological polar surface area (TPSA) is 154 Å². The number of aromatic nitrogens is 2. The molecule has 0 spiro atoms. The summed E-state index contributed by atoms with van der Waals surface area (Å²) in [6.07, 6.45) is 11.6. The van der Waals surface area contributed by atoms with Crippen molar-refractivity contribution in [2.24, 2.45) is 11.1 Å². The summed E-state index contributed by atoms with van der Waals surface area (Å²) in [6, 6.07) is 1.72. The quantitative estimate of drug-likeness (QED) is 0.317. The Morgan fingerprint density at radius 3 is 2.92 bits per heavy atom. The van der Waals surface area contributed by atoms with E-state index >= 15 is 0 Å². The molecule has 0 unspecified atom stereocenters. The van der Waals surface area contributed by atoms with Crippen molar-refractivity contribution in [3.8, 4) is 0 Å². The largest absolute Gasteiger partial charge is 0.393 e. The Kier molecular flexibility index (Phi) is 7.75. The molecular weight excluding hydrogens is 516 g/mol. The highest BCUT2D eigenvalue weighted by atomic mass is 32.2. The molecule has 4 N–H and O–H groups in total. The number of nitrogens with two attached hydrogens (primary N) is 1. The van der Waals surface area contributed by atoms with Gasteiger partial charge in [0, 0.05) is 24.8 Å². The third-order valence-electron chi connectivity index (χ3n) is 7.52. The van der Waals surface area contributed by atoms with Crippen LogP contribution in [0, 0.1) is 5.92 Å². The first-order valence-corrected chi connectivity index (χ1v) is 15.0. The van der Waals surface area contributed by atoms with Gasteiger partial charge >= 0.3 is 10.3 Å². The second-order valence-corrected chi connectivity index (χ2v) is 12.1. The third-order valence-corrected chi connectivity index (χ3v) is 8.92. The molecular formula is C25H32N4O6S2. The zero-order chi connectivity index (χ0) is 26.0. The van der Waals surface area contributed by atoms with Crippen molar-refractivity contribution in [1.82, 2.24) is 9.97 Å². The molecule has 4 atom stereocenters. The first-order valence-electron chi connectivity index (χ1n) is 12.6. The molecule has 0 radical (unpaired) electrons. The van der Waals surface area contributed by atoms with Gasteiger partial charge < -0.3 is 15.2 Å². The van der Waals surface area contributed by atoms with Crippen molar-refractivity contribution < 1.29 is 27.2 Å². The Labute approximate surface area is 220 Å². The minimum atomic E-state index is -4.08. The maximum absolute atomic E-state index is 13.6. The number of rotatable bonds is 9. The molecule has 0 amide bonds. The number of nitrogens with zero attached hydrogens (tertiary/aromatic N) is 2. The Balaban J connectivity index is 1.33. The number of hydrogen-bond donors (Lipinski definition) is 3. The van der Waals surface area contributed by atoms with E-state index in [9.17, 15) is 18.3 Å². The van der Waals surface area contributed by atoms with Gasteiger partial charge in [-0.05, 0) is 73.9 Å². The number of hydrogen-bond acceptors (Lipinski definition) is 10. The molecule has 12 heteroatoms. The average molecular weight is 549 g/mol. The van der Waals surface area contributed by atoms with Gasteiger partial charge in [-0.2, -0.15) is 8.42 Å². The van der Waals surface area contributed by atoms with Crippen LogP contribution in [0.25, 0.3) is 0 Å². The van der Waals surface area contributed by atoms with Crippen LogP contribution >= 0.6 is 11.3 Å². The summed E-state index contributed by atoms with van der Waals surface area (Å²) in [4.78, 5) is 22.5. The SMILES string of the molecule is NS(=O)(=O)OC[C@H]1C[C@@H](Nc2ncncc2C(=O)c2cc([C@]3(C4=CCCCC4)CCCO3)cs2)C[C@@H]1O. The Morgan fingerprint density at radius 2 is 2.19 bits per heavy atom. The number of aliphatic hydroxyl groups excluding tert-OH is 1. The van der Waals surface area contributed by atoms with Crippen molar-refractivity contribution in [1.29, 1.82) is 0 Å². The first kappa shape index (κ1) is 26.4. The molecule has 2 aromatic rings. The van der Waals surface area contributed by atoms with Crippen LogP contribution in [0.1, 0.15) is 72.2 Å². The Bertz CT molecular complexity index is 1270. The molecule has 0 aromatic carbocycles. The van der Waals surface area contributed by atoms with Crippen LogP contribution in [0.2, 0.25) is 0 Å². The molecule has 200 valence electrons. The smallest absolute Gasteiger partial charge is 0.333 e. The van der Waals surface area contributed by atoms with Crippen molar-refractivity contribution in [2.45, 2.75) is 69.1 Å². The zero-order valence-electron chi connectivity index (χ0n) is 20.5. The van der Waals surface area contributed by atoms with Crippen LogP contribution in [0.15, 0.2) is 35.6 Å². The predicted molar refractivity (Wildman–Crippen MR) is 138 cm³/mol. The first-order chi connectivity index (χ1) is 17.7. The molecule has 5 rings (SSSR count). The number of ketones is 1. The number of aliphatic hydroxyl groups is 1. The lowest BCUT2D eigenvalue weighted by Gasteiger charge is -2.33. The Hall–Kier alpha value is -2.22. The summed E-state index contributed by atoms with van der Waals surface area (Å²) >= 11 is 1.40. The van der Waals surface area contributed by atoms with Crippen molar-refractivity contribution >= 4 is 33.2 Å². The summed E-state index contributed by atoms with van der Waals surface area (Å²) in [6.45, 7) is 0.513. The lowest BCUT2D eigenvalue weighted by atomic mass is 9.79. The zero-order valence-corrected chi connectivity index (χ0v) is 22.1. The third kappa shape index (κ3) is 5.79. The monoisotopic (exact) mass is 548 g/mol. The second kappa shape index (κ2) is 10.9. The fourth-order valence-electron chi connectivity index (χ4n) is 5.70. The number of carbonyl (C=O) groups is 1. The number of anilines is 1. The number of allylic oxidation sites excluding steroid dienone is 1. The van der Waals surface area contributed by atoms with Crippen molar-refractivity contribution in [2.75, 3.05) is 18.5 Å². The standard InChI is InChI=1S/C25H32N4O6S2/c26-37(32,33)35-13-16-9-19(11-21(16)30)29-24-20(12-27-15-28-24)23(31)22-10-18(14-36-22)25(7-4-8-34-25)17-5-2-1-3-6-17/h5,10,12,14-16,19,21,30H,1-4,6-9,11,13H2,(H2,26,32,33)(H,27,28,29)/t16-,19-,21+,25-/m1/s1. The van der Waals surface area contributed by atoms with Gasteiger partial charge in [0.1, 0.15) is 17.7 Å². The molecule has 2 aromatic heterocycles. The summed E-state index contributed by atoms with van der Waals surface area (Å²) in [5, 5.41) is 20.5. The maximum Gasteiger partial charge on any atom is 0.333 e. The maximum atomic E-state index is 13.6. The van der Waals surface area contributed by atoms with Crippen LogP contribution in [0.3, 0.4) is 0 Å². The van der Waals surface area contributed by atoms with Gasteiger partial charge in [0.15, 0.2) is 0 Å². The summed E-state index contributed by atoms with van der Waals surface area (Å²) < 4.78 is 33.2. The Morgan fingerprint density at radius 1 is 1.32 bits per heavy atom. The van der Waals surface area contributed by atoms with Crippen LogP contribution in [-0.2, 0) is 24.8 Å². The highest BCUT2D eigenvalue weighted by Gasteiger charge is 2.42. The van der Waals surface area contributed by atoms with E-state index in [0.29, 0.717) is 35.7 Å². The molecule has 1 saturated heterocycles. The summed E-state index contributed by atoms with van der Waals surface area (Å²) in [5.74, 6) is -0.215. The van der Waals surface area contributed by atoms with Gasteiger partial charge in [-0.1, -0.05) is 6.08 Å². The highest BCUT2D eigenvalue weighted by Crippen LogP contribution is 2.47. The predicted octanol–water partition coefficient (Wildman–Crippen LogP) is 3.05. The highest BCUT2D eigenvalue weighted by molar-refractivity contribution is 7.84. The van der Waals surface area contributed by atoms with E-state index in [0.717, 1.165) is 37.7 Å². The molecule has 0 bridgehead atoms. The second-order valence-electron chi connectivity index (χ2n) is 9.99. The summed E-state index contributed by atoms with van der Waals surface area (Å²) in [5.41, 5.74) is 2.28. The lowest BCUT2D eigenvalue weighted by molar-refractivity contribution is 0.0285.